The quantitative estimate of drug-likeness (QED) is 0.119. The summed E-state index contributed by atoms with van der Waals surface area (Å²) in [7, 11) is 0. The van der Waals surface area contributed by atoms with E-state index >= 15 is 0 Å². The van der Waals surface area contributed by atoms with Crippen LogP contribution in [0.5, 0.6) is 0 Å². The summed E-state index contributed by atoms with van der Waals surface area (Å²) >= 11 is 0. The predicted octanol–water partition coefficient (Wildman–Crippen LogP) is 14.1. The van der Waals surface area contributed by atoms with Crippen LogP contribution in [0.1, 0.15) is 207 Å². The molecular weight excluding hydrogens is 917 g/mol. The van der Waals surface area contributed by atoms with Crippen LogP contribution in [-0.4, -0.2) is 60.9 Å². The zero-order valence-electron chi connectivity index (χ0n) is 49.0. The maximum Gasteiger partial charge on any atom is 0.311 e. The highest BCUT2D eigenvalue weighted by atomic mass is 16.7. The van der Waals surface area contributed by atoms with Crippen molar-refractivity contribution in [2.75, 3.05) is 13.2 Å². The second-order valence-electron chi connectivity index (χ2n) is 28.1. The highest BCUT2D eigenvalue weighted by Gasteiger charge is 2.55. The van der Waals surface area contributed by atoms with Gasteiger partial charge in [-0.25, -0.2) is 0 Å². The molecule has 22 unspecified atom stereocenters. The molecule has 1 aliphatic heterocycles. The Kier molecular flexibility index (Phi) is 19.4. The van der Waals surface area contributed by atoms with Gasteiger partial charge in [0, 0.05) is 13.0 Å². The minimum atomic E-state index is -0.403. The fourth-order valence-corrected chi connectivity index (χ4v) is 17.1. The lowest BCUT2D eigenvalue weighted by molar-refractivity contribution is -0.193. The molecule has 9 saturated carbocycles. The molecule has 418 valence electrons. The minimum absolute atomic E-state index is 0.00755. The molecule has 0 aromatic carbocycles. The molecule has 0 radical (unpaired) electrons. The Morgan fingerprint density at radius 1 is 0.493 bits per heavy atom. The van der Waals surface area contributed by atoms with Crippen LogP contribution in [0.3, 0.4) is 0 Å². The van der Waals surface area contributed by atoms with Gasteiger partial charge in [-0.1, -0.05) is 75.2 Å². The molecule has 8 bridgehead atoms. The fourth-order valence-electron chi connectivity index (χ4n) is 17.1. The van der Waals surface area contributed by atoms with E-state index in [0.29, 0.717) is 59.9 Å². The van der Waals surface area contributed by atoms with Crippen LogP contribution < -0.4 is 0 Å². The summed E-state index contributed by atoms with van der Waals surface area (Å²) in [5, 5.41) is 0. The lowest BCUT2D eigenvalue weighted by atomic mass is 9.74. The van der Waals surface area contributed by atoms with E-state index in [2.05, 4.69) is 76.2 Å². The third-order valence-electron chi connectivity index (χ3n) is 22.6. The number of carbonyl (C=O) groups excluding carboxylic acids is 4. The van der Waals surface area contributed by atoms with Crippen molar-refractivity contribution in [2.45, 2.75) is 231 Å². The van der Waals surface area contributed by atoms with Gasteiger partial charge in [-0.15, -0.1) is 0 Å². The van der Waals surface area contributed by atoms with Gasteiger partial charge in [0.15, 0.2) is 6.29 Å². The Hall–Kier alpha value is -2.20. The largest absolute Gasteiger partial charge is 0.460 e. The van der Waals surface area contributed by atoms with E-state index in [1.807, 2.05) is 27.7 Å². The van der Waals surface area contributed by atoms with Crippen LogP contribution in [0.2, 0.25) is 0 Å². The molecule has 9 aliphatic carbocycles. The van der Waals surface area contributed by atoms with E-state index in [4.69, 9.17) is 28.4 Å². The van der Waals surface area contributed by atoms with Gasteiger partial charge in [-0.2, -0.15) is 0 Å². The van der Waals surface area contributed by atoms with Crippen LogP contribution in [0, 0.1) is 130 Å². The molecule has 10 fully saturated rings. The maximum absolute atomic E-state index is 12.8. The number of carbonyl (C=O) groups is 4. The Balaban J connectivity index is 0.000000144. The fraction of sp³-hybridized carbons (Fsp3) is 0.937. The van der Waals surface area contributed by atoms with Crippen LogP contribution >= 0.6 is 0 Å². The van der Waals surface area contributed by atoms with E-state index in [-0.39, 0.29) is 65.0 Å². The van der Waals surface area contributed by atoms with Crippen molar-refractivity contribution in [1.82, 2.24) is 0 Å². The summed E-state index contributed by atoms with van der Waals surface area (Å²) in [4.78, 5) is 49.2. The van der Waals surface area contributed by atoms with Gasteiger partial charge in [0.1, 0.15) is 11.2 Å². The van der Waals surface area contributed by atoms with E-state index in [9.17, 15) is 19.2 Å². The average Bonchev–Trinajstić information content (AvgIpc) is 4.23. The monoisotopic (exact) mass is 1020 g/mol. The molecule has 10 heteroatoms. The highest BCUT2D eigenvalue weighted by molar-refractivity contribution is 5.75. The topological polar surface area (TPSA) is 124 Å². The van der Waals surface area contributed by atoms with Gasteiger partial charge >= 0.3 is 23.9 Å². The molecular formula is C63H106O10. The van der Waals surface area contributed by atoms with Gasteiger partial charge < -0.3 is 28.4 Å². The predicted molar refractivity (Wildman–Crippen MR) is 286 cm³/mol. The minimum Gasteiger partial charge on any atom is -0.460 e. The summed E-state index contributed by atoms with van der Waals surface area (Å²) in [6, 6.07) is 0. The first-order chi connectivity index (χ1) is 34.3. The van der Waals surface area contributed by atoms with Gasteiger partial charge in [-0.3, -0.25) is 19.2 Å². The number of fused-ring (bicyclic) bond motifs is 8. The SMILES string of the molecule is CC1C2CC(C(=O)OC(C)(C)C)C(C2)C1C.CC1C2CC(C(=O)OC3CCCCO3)C(C2)C1C.CC1CCC(C(C)(C)OC(=O)C2CC3CC2C(C)C3C)CC1.CCOC(C)OC(=O)C1CC2CC1C(C)C2C. The second kappa shape index (κ2) is 24.2. The van der Waals surface area contributed by atoms with Crippen molar-refractivity contribution >= 4 is 23.9 Å². The number of ether oxygens (including phenoxy) is 6. The van der Waals surface area contributed by atoms with Gasteiger partial charge in [0.05, 0.1) is 30.3 Å². The Morgan fingerprint density at radius 3 is 1.25 bits per heavy atom. The number of hydrogen-bond donors (Lipinski definition) is 0. The van der Waals surface area contributed by atoms with Crippen LogP contribution in [-0.2, 0) is 47.6 Å². The van der Waals surface area contributed by atoms with E-state index in [0.717, 1.165) is 105 Å². The Morgan fingerprint density at radius 2 is 0.890 bits per heavy atom. The van der Waals surface area contributed by atoms with Crippen LogP contribution in [0.25, 0.3) is 0 Å². The Bertz CT molecular complexity index is 1830. The van der Waals surface area contributed by atoms with Crippen molar-refractivity contribution in [1.29, 1.82) is 0 Å². The number of rotatable bonds is 10. The zero-order valence-corrected chi connectivity index (χ0v) is 49.0. The summed E-state index contributed by atoms with van der Waals surface area (Å²) < 4.78 is 33.3. The first kappa shape index (κ1) is 58.5. The lowest BCUT2D eigenvalue weighted by Gasteiger charge is -2.40. The molecule has 1 heterocycles. The summed E-state index contributed by atoms with van der Waals surface area (Å²) in [6.45, 7) is 36.1. The molecule has 0 amide bonds. The van der Waals surface area contributed by atoms with Gasteiger partial charge in [0.25, 0.3) is 0 Å². The smallest absolute Gasteiger partial charge is 0.311 e. The molecule has 10 rings (SSSR count). The van der Waals surface area contributed by atoms with Crippen molar-refractivity contribution < 1.29 is 47.6 Å². The summed E-state index contributed by atoms with van der Waals surface area (Å²) in [6.07, 6.45) is 16.6. The molecule has 10 aliphatic rings. The van der Waals surface area contributed by atoms with Gasteiger partial charge in [-0.05, 0) is 232 Å². The lowest BCUT2D eigenvalue weighted by Crippen LogP contribution is -2.42. The van der Waals surface area contributed by atoms with Crippen LogP contribution in [0.4, 0.5) is 0 Å². The highest BCUT2D eigenvalue weighted by Crippen LogP contribution is 2.58. The van der Waals surface area contributed by atoms with Crippen molar-refractivity contribution in [3.63, 3.8) is 0 Å². The second-order valence-corrected chi connectivity index (χ2v) is 28.1. The maximum atomic E-state index is 12.8. The molecule has 22 atom stereocenters. The summed E-state index contributed by atoms with van der Waals surface area (Å²) in [5.74, 6) is 13.2. The van der Waals surface area contributed by atoms with Crippen molar-refractivity contribution in [3.8, 4) is 0 Å². The standard InChI is InChI=1S/C20H34O2.C15H24O3.C14H24O3.C14H24O2/c1-12-6-8-16(9-7-12)20(4,5)22-19(21)18-11-15-10-17(18)14(3)13(15)2;1-9-10(2)12-7-11(9)8-13(12)15(16)18-14-5-3-4-6-17-14;1-5-16-10(4)17-14(15)13-7-11-6-12(13)9(3)8(11)2;1-8-9(2)11-6-10(8)7-12(11)13(15)16-14(3,4)5/h12-18H,6-11H2,1-5H3;9-14H,3-8H2,1-2H3;8-13H,5-7H2,1-4H3;8-12H,6-7H2,1-5H3. The molecule has 0 aromatic rings. The van der Waals surface area contributed by atoms with E-state index < -0.39 is 6.29 Å². The molecule has 0 aromatic heterocycles. The van der Waals surface area contributed by atoms with Crippen molar-refractivity contribution in [3.05, 3.63) is 0 Å². The average molecular weight is 1020 g/mol. The van der Waals surface area contributed by atoms with E-state index in [1.165, 1.54) is 51.4 Å². The van der Waals surface area contributed by atoms with Crippen LogP contribution in [0.15, 0.2) is 0 Å². The summed E-state index contributed by atoms with van der Waals surface area (Å²) in [5.41, 5.74) is -0.623. The van der Waals surface area contributed by atoms with Gasteiger partial charge in [0.2, 0.25) is 6.29 Å². The van der Waals surface area contributed by atoms with Crippen molar-refractivity contribution in [2.24, 2.45) is 130 Å². The third-order valence-corrected chi connectivity index (χ3v) is 22.6. The first-order valence-electron chi connectivity index (χ1n) is 30.4. The number of esters is 4. The van der Waals surface area contributed by atoms with E-state index in [1.54, 1.807) is 6.92 Å². The molecule has 73 heavy (non-hydrogen) atoms. The zero-order chi connectivity index (χ0) is 53.4. The number of hydrogen-bond acceptors (Lipinski definition) is 10. The molecule has 0 N–H and O–H groups in total. The third kappa shape index (κ3) is 13.4. The molecule has 0 spiro atoms. The normalized spacial score (nSPS) is 44.2. The first-order valence-corrected chi connectivity index (χ1v) is 30.4. The Labute approximate surface area is 444 Å². The molecule has 1 saturated heterocycles. The molecule has 10 nitrogen and oxygen atoms in total.